The summed E-state index contributed by atoms with van der Waals surface area (Å²) < 4.78 is 0. The molecule has 1 heterocycles. The van der Waals surface area contributed by atoms with Crippen LogP contribution in [0, 0.1) is 0 Å². The third-order valence-electron chi connectivity index (χ3n) is 3.43. The fraction of sp³-hybridized carbons (Fsp3) is 0.692. The van der Waals surface area contributed by atoms with Crippen LogP contribution in [0.3, 0.4) is 0 Å². The second kappa shape index (κ2) is 5.66. The second-order valence-electron chi connectivity index (χ2n) is 4.53. The molecule has 0 aromatic carbocycles. The number of rotatable bonds is 3. The minimum atomic E-state index is 0.752. The van der Waals surface area contributed by atoms with Gasteiger partial charge in [0.2, 0.25) is 0 Å². The molecular formula is C13H21NS. The van der Waals surface area contributed by atoms with Crippen LogP contribution in [0.15, 0.2) is 16.8 Å². The van der Waals surface area contributed by atoms with Crippen molar-refractivity contribution in [1.82, 2.24) is 5.32 Å². The molecule has 2 atom stereocenters. The number of hydrogen-bond donors (Lipinski definition) is 1. The average molecular weight is 223 g/mol. The SMILES string of the molecule is CCNC1CCCCC(c2ccsc2)C1. The molecule has 1 aliphatic rings. The van der Waals surface area contributed by atoms with Crippen molar-refractivity contribution in [1.29, 1.82) is 0 Å². The van der Waals surface area contributed by atoms with E-state index in [1.807, 2.05) is 11.3 Å². The van der Waals surface area contributed by atoms with Crippen molar-refractivity contribution < 1.29 is 0 Å². The summed E-state index contributed by atoms with van der Waals surface area (Å²) >= 11 is 1.83. The van der Waals surface area contributed by atoms with E-state index in [4.69, 9.17) is 0 Å². The molecule has 1 aromatic rings. The summed E-state index contributed by atoms with van der Waals surface area (Å²) in [5.74, 6) is 0.808. The normalized spacial score (nSPS) is 27.5. The lowest BCUT2D eigenvalue weighted by Crippen LogP contribution is -2.29. The Bertz CT molecular complexity index is 268. The van der Waals surface area contributed by atoms with Gasteiger partial charge >= 0.3 is 0 Å². The van der Waals surface area contributed by atoms with E-state index >= 15 is 0 Å². The van der Waals surface area contributed by atoms with E-state index in [9.17, 15) is 0 Å². The van der Waals surface area contributed by atoms with Gasteiger partial charge in [-0.3, -0.25) is 0 Å². The highest BCUT2D eigenvalue weighted by molar-refractivity contribution is 7.07. The van der Waals surface area contributed by atoms with Gasteiger partial charge in [0.1, 0.15) is 0 Å². The maximum Gasteiger partial charge on any atom is 0.00727 e. The lowest BCUT2D eigenvalue weighted by Gasteiger charge is -2.20. The molecule has 1 nitrogen and oxygen atoms in total. The molecule has 0 bridgehead atoms. The van der Waals surface area contributed by atoms with Crippen LogP contribution in [0.5, 0.6) is 0 Å². The lowest BCUT2D eigenvalue weighted by atomic mass is 9.92. The molecule has 84 valence electrons. The van der Waals surface area contributed by atoms with Gasteiger partial charge < -0.3 is 5.32 Å². The van der Waals surface area contributed by atoms with E-state index < -0.39 is 0 Å². The van der Waals surface area contributed by atoms with Crippen molar-refractivity contribution in [3.05, 3.63) is 22.4 Å². The minimum absolute atomic E-state index is 0.752. The van der Waals surface area contributed by atoms with Gasteiger partial charge in [0, 0.05) is 6.04 Å². The minimum Gasteiger partial charge on any atom is -0.314 e. The van der Waals surface area contributed by atoms with Crippen LogP contribution in [0.1, 0.15) is 50.5 Å². The molecule has 1 fully saturated rings. The van der Waals surface area contributed by atoms with Crippen LogP contribution in [0.2, 0.25) is 0 Å². The fourth-order valence-corrected chi connectivity index (χ4v) is 3.39. The van der Waals surface area contributed by atoms with Gasteiger partial charge in [-0.15, -0.1) is 0 Å². The van der Waals surface area contributed by atoms with Crippen LogP contribution in [-0.2, 0) is 0 Å². The van der Waals surface area contributed by atoms with Gasteiger partial charge in [-0.2, -0.15) is 11.3 Å². The van der Waals surface area contributed by atoms with E-state index in [1.165, 1.54) is 32.1 Å². The molecule has 1 aromatic heterocycles. The Balaban J connectivity index is 1.99. The van der Waals surface area contributed by atoms with Crippen LogP contribution in [-0.4, -0.2) is 12.6 Å². The van der Waals surface area contributed by atoms with Crippen molar-refractivity contribution in [2.75, 3.05) is 6.54 Å². The quantitative estimate of drug-likeness (QED) is 0.769. The second-order valence-corrected chi connectivity index (χ2v) is 5.31. The largest absolute Gasteiger partial charge is 0.314 e. The molecule has 0 saturated heterocycles. The highest BCUT2D eigenvalue weighted by atomic mass is 32.1. The fourth-order valence-electron chi connectivity index (χ4n) is 2.64. The topological polar surface area (TPSA) is 12.0 Å². The first-order chi connectivity index (χ1) is 7.40. The third-order valence-corrected chi connectivity index (χ3v) is 4.13. The summed E-state index contributed by atoms with van der Waals surface area (Å²) in [4.78, 5) is 0. The first kappa shape index (κ1) is 11.2. The molecule has 0 spiro atoms. The Morgan fingerprint density at radius 2 is 2.27 bits per heavy atom. The van der Waals surface area contributed by atoms with Gasteiger partial charge in [-0.25, -0.2) is 0 Å². The zero-order valence-electron chi connectivity index (χ0n) is 9.54. The molecule has 0 aliphatic heterocycles. The molecule has 0 amide bonds. The summed E-state index contributed by atoms with van der Waals surface area (Å²) in [5, 5.41) is 8.16. The van der Waals surface area contributed by atoms with E-state index in [2.05, 4.69) is 29.1 Å². The van der Waals surface area contributed by atoms with Crippen LogP contribution in [0.4, 0.5) is 0 Å². The first-order valence-corrected chi connectivity index (χ1v) is 7.10. The van der Waals surface area contributed by atoms with Gasteiger partial charge in [0.05, 0.1) is 0 Å². The third kappa shape index (κ3) is 3.05. The van der Waals surface area contributed by atoms with Crippen molar-refractivity contribution in [3.8, 4) is 0 Å². The van der Waals surface area contributed by atoms with Crippen molar-refractivity contribution in [2.24, 2.45) is 0 Å². The van der Waals surface area contributed by atoms with Gasteiger partial charge in [0.15, 0.2) is 0 Å². The molecule has 2 heteroatoms. The summed E-state index contributed by atoms with van der Waals surface area (Å²) in [6.45, 7) is 3.32. The van der Waals surface area contributed by atoms with E-state index in [1.54, 1.807) is 5.56 Å². The van der Waals surface area contributed by atoms with E-state index in [0.29, 0.717) is 0 Å². The van der Waals surface area contributed by atoms with Crippen molar-refractivity contribution in [2.45, 2.75) is 51.0 Å². The molecule has 1 saturated carbocycles. The highest BCUT2D eigenvalue weighted by Crippen LogP contribution is 2.32. The summed E-state index contributed by atoms with van der Waals surface area (Å²) in [6.07, 6.45) is 6.90. The predicted molar refractivity (Wildman–Crippen MR) is 67.6 cm³/mol. The smallest absolute Gasteiger partial charge is 0.00727 e. The number of thiophene rings is 1. The average Bonchev–Trinajstić information content (AvgIpc) is 2.67. The van der Waals surface area contributed by atoms with Gasteiger partial charge in [-0.05, 0) is 54.1 Å². The zero-order chi connectivity index (χ0) is 10.5. The molecular weight excluding hydrogens is 202 g/mol. The highest BCUT2D eigenvalue weighted by Gasteiger charge is 2.20. The molecule has 2 rings (SSSR count). The molecule has 1 aliphatic carbocycles. The van der Waals surface area contributed by atoms with Crippen molar-refractivity contribution in [3.63, 3.8) is 0 Å². The van der Waals surface area contributed by atoms with Crippen LogP contribution >= 0.6 is 11.3 Å². The Hall–Kier alpha value is -0.340. The summed E-state index contributed by atoms with van der Waals surface area (Å²) in [7, 11) is 0. The molecule has 15 heavy (non-hydrogen) atoms. The molecule has 1 N–H and O–H groups in total. The van der Waals surface area contributed by atoms with Gasteiger partial charge in [0.25, 0.3) is 0 Å². The van der Waals surface area contributed by atoms with Gasteiger partial charge in [-0.1, -0.05) is 19.8 Å². The molecule has 2 unspecified atom stereocenters. The first-order valence-electron chi connectivity index (χ1n) is 6.15. The van der Waals surface area contributed by atoms with E-state index in [0.717, 1.165) is 18.5 Å². The lowest BCUT2D eigenvalue weighted by molar-refractivity contribution is 0.450. The Kier molecular flexibility index (Phi) is 4.21. The maximum atomic E-state index is 3.62. The summed E-state index contributed by atoms with van der Waals surface area (Å²) in [5.41, 5.74) is 1.57. The van der Waals surface area contributed by atoms with E-state index in [-0.39, 0.29) is 0 Å². The van der Waals surface area contributed by atoms with Crippen LogP contribution in [0.25, 0.3) is 0 Å². The number of nitrogens with one attached hydrogen (secondary N) is 1. The Morgan fingerprint density at radius 1 is 1.40 bits per heavy atom. The zero-order valence-corrected chi connectivity index (χ0v) is 10.4. The van der Waals surface area contributed by atoms with Crippen molar-refractivity contribution >= 4 is 11.3 Å². The Morgan fingerprint density at radius 3 is 3.00 bits per heavy atom. The van der Waals surface area contributed by atoms with Crippen LogP contribution < -0.4 is 5.32 Å². The maximum absolute atomic E-state index is 3.62. The number of hydrogen-bond acceptors (Lipinski definition) is 2. The standard InChI is InChI=1S/C13H21NS/c1-2-14-13-6-4-3-5-11(9-13)12-7-8-15-10-12/h7-8,10-11,13-14H,2-6,9H2,1H3. The summed E-state index contributed by atoms with van der Waals surface area (Å²) in [6, 6.07) is 3.06. The monoisotopic (exact) mass is 223 g/mol. The predicted octanol–water partition coefficient (Wildman–Crippen LogP) is 3.77. The molecule has 0 radical (unpaired) electrons. The Labute approximate surface area is 96.9 Å².